The van der Waals surface area contributed by atoms with E-state index in [1.54, 1.807) is 0 Å². The molecule has 0 saturated heterocycles. The summed E-state index contributed by atoms with van der Waals surface area (Å²) < 4.78 is 23.7. The molecule has 0 bridgehead atoms. The molecule has 0 unspecified atom stereocenters. The molecule has 1 aromatic rings. The highest BCUT2D eigenvalue weighted by molar-refractivity contribution is 7.96. The molecule has 0 aliphatic carbocycles. The zero-order valence-electron chi connectivity index (χ0n) is 8.04. The van der Waals surface area contributed by atoms with Crippen molar-refractivity contribution in [3.8, 4) is 5.75 Å². The van der Waals surface area contributed by atoms with Crippen LogP contribution in [0.2, 0.25) is 0 Å². The van der Waals surface area contributed by atoms with E-state index < -0.39 is 22.2 Å². The van der Waals surface area contributed by atoms with E-state index >= 15 is 0 Å². The van der Waals surface area contributed by atoms with Crippen LogP contribution in [0.15, 0.2) is 28.0 Å². The average Bonchev–Trinajstić information content (AvgIpc) is 2.38. The average molecular weight is 240 g/mol. The summed E-state index contributed by atoms with van der Waals surface area (Å²) in [7, 11) is -3.84. The molecule has 0 atom stereocenters. The fourth-order valence-electron chi connectivity index (χ4n) is 1.63. The molecular formula is C10H8O5S. The molecule has 0 aromatic heterocycles. The maximum absolute atomic E-state index is 11.8. The first-order valence-electron chi connectivity index (χ1n) is 4.42. The third-order valence-electron chi connectivity index (χ3n) is 2.28. The summed E-state index contributed by atoms with van der Waals surface area (Å²) in [6.07, 6.45) is 0.703. The van der Waals surface area contributed by atoms with E-state index in [-0.39, 0.29) is 15.6 Å². The number of carboxylic acid groups (broad SMARTS) is 1. The molecule has 16 heavy (non-hydrogen) atoms. The number of rotatable bonds is 2. The number of phenolic OH excluding ortho intramolecular Hbond substituents is 1. The number of carbonyl (C=O) groups is 1. The molecule has 2 rings (SSSR count). The molecule has 6 heteroatoms. The number of phenols is 1. The van der Waals surface area contributed by atoms with E-state index in [1.807, 2.05) is 0 Å². The summed E-state index contributed by atoms with van der Waals surface area (Å²) in [5.74, 6) is -1.57. The fourth-order valence-corrected chi connectivity index (χ4v) is 3.26. The molecule has 0 radical (unpaired) electrons. The van der Waals surface area contributed by atoms with Gasteiger partial charge in [0.05, 0.1) is 11.3 Å². The zero-order chi connectivity index (χ0) is 11.9. The van der Waals surface area contributed by atoms with Crippen LogP contribution in [0.5, 0.6) is 5.75 Å². The number of hydrogen-bond acceptors (Lipinski definition) is 4. The second kappa shape index (κ2) is 3.34. The minimum Gasteiger partial charge on any atom is -0.507 e. The zero-order valence-corrected chi connectivity index (χ0v) is 8.86. The summed E-state index contributed by atoms with van der Waals surface area (Å²) in [6.45, 7) is 0. The lowest BCUT2D eigenvalue weighted by Crippen LogP contribution is -2.05. The van der Waals surface area contributed by atoms with Crippen molar-refractivity contribution in [1.82, 2.24) is 0 Å². The molecular weight excluding hydrogens is 232 g/mol. The Morgan fingerprint density at radius 1 is 1.31 bits per heavy atom. The first-order valence-corrected chi connectivity index (χ1v) is 5.90. The number of sulfone groups is 1. The van der Waals surface area contributed by atoms with Crippen molar-refractivity contribution in [3.63, 3.8) is 0 Å². The van der Waals surface area contributed by atoms with Gasteiger partial charge in [0.15, 0.2) is 0 Å². The van der Waals surface area contributed by atoms with Crippen LogP contribution >= 0.6 is 0 Å². The number of carboxylic acids is 1. The summed E-state index contributed by atoms with van der Waals surface area (Å²) >= 11 is 0. The van der Waals surface area contributed by atoms with E-state index in [4.69, 9.17) is 5.11 Å². The predicted octanol–water partition coefficient (Wildman–Crippen LogP) is 0.995. The maximum Gasteiger partial charge on any atom is 0.308 e. The Morgan fingerprint density at radius 3 is 2.56 bits per heavy atom. The highest BCUT2D eigenvalue weighted by Crippen LogP contribution is 2.39. The summed E-state index contributed by atoms with van der Waals surface area (Å²) in [5, 5.41) is 18.0. The monoisotopic (exact) mass is 240 g/mol. The summed E-state index contributed by atoms with van der Waals surface area (Å²) in [4.78, 5) is 10.1. The third-order valence-corrected chi connectivity index (χ3v) is 4.22. The molecule has 0 fully saturated rings. The van der Waals surface area contributed by atoms with Gasteiger partial charge in [-0.1, -0.05) is 12.1 Å². The molecule has 1 aromatic carbocycles. The number of fused-ring (bicyclic) bond motifs is 1. The molecule has 0 amide bonds. The van der Waals surface area contributed by atoms with Crippen molar-refractivity contribution in [2.45, 2.75) is 11.3 Å². The lowest BCUT2D eigenvalue weighted by Gasteiger charge is -2.03. The van der Waals surface area contributed by atoms with Crippen LogP contribution < -0.4 is 0 Å². The number of aromatic hydroxyl groups is 1. The molecule has 2 N–H and O–H groups in total. The minimum absolute atomic E-state index is 0.198. The van der Waals surface area contributed by atoms with Gasteiger partial charge in [-0.2, -0.15) is 0 Å². The quantitative estimate of drug-likeness (QED) is 0.804. The molecule has 5 nitrogen and oxygen atoms in total. The number of benzene rings is 1. The van der Waals surface area contributed by atoms with Gasteiger partial charge in [0.25, 0.3) is 0 Å². The lowest BCUT2D eigenvalue weighted by molar-refractivity contribution is -0.136. The molecule has 1 heterocycles. The van der Waals surface area contributed by atoms with Crippen molar-refractivity contribution in [2.24, 2.45) is 0 Å². The Bertz CT molecular complexity index is 598. The van der Waals surface area contributed by atoms with Gasteiger partial charge in [-0.15, -0.1) is 0 Å². The van der Waals surface area contributed by atoms with Gasteiger partial charge in [0.2, 0.25) is 9.84 Å². The smallest absolute Gasteiger partial charge is 0.308 e. The van der Waals surface area contributed by atoms with Crippen LogP contribution in [0.25, 0.3) is 6.08 Å². The SMILES string of the molecule is O=C(O)CC1=Cc2cccc(O)c2S1(=O)=O. The Balaban J connectivity index is 2.61. The van der Waals surface area contributed by atoms with Gasteiger partial charge in [-0.05, 0) is 17.7 Å². The van der Waals surface area contributed by atoms with Gasteiger partial charge >= 0.3 is 5.97 Å². The standard InChI is InChI=1S/C10H8O5S/c11-8-3-1-2-6-4-7(5-9(12)13)16(14,15)10(6)8/h1-4,11H,5H2,(H,12,13). The fraction of sp³-hybridized carbons (Fsp3) is 0.100. The van der Waals surface area contributed by atoms with Crippen LogP contribution in [0, 0.1) is 0 Å². The van der Waals surface area contributed by atoms with Crippen molar-refractivity contribution < 1.29 is 23.4 Å². The Labute approximate surface area is 91.6 Å². The van der Waals surface area contributed by atoms with Crippen LogP contribution in [-0.4, -0.2) is 24.6 Å². The number of aliphatic carboxylic acids is 1. The molecule has 0 spiro atoms. The molecule has 0 saturated carbocycles. The molecule has 84 valence electrons. The van der Waals surface area contributed by atoms with E-state index in [1.165, 1.54) is 24.3 Å². The van der Waals surface area contributed by atoms with Crippen LogP contribution in [0.1, 0.15) is 12.0 Å². The van der Waals surface area contributed by atoms with E-state index in [2.05, 4.69) is 0 Å². The van der Waals surface area contributed by atoms with Crippen LogP contribution in [0.4, 0.5) is 0 Å². The number of hydrogen-bond donors (Lipinski definition) is 2. The van der Waals surface area contributed by atoms with E-state index in [0.29, 0.717) is 5.56 Å². The van der Waals surface area contributed by atoms with Crippen molar-refractivity contribution in [1.29, 1.82) is 0 Å². The first kappa shape index (κ1) is 10.7. The van der Waals surface area contributed by atoms with Gasteiger partial charge < -0.3 is 10.2 Å². The Morgan fingerprint density at radius 2 is 2.00 bits per heavy atom. The second-order valence-electron chi connectivity index (χ2n) is 3.38. The summed E-state index contributed by atoms with van der Waals surface area (Å²) in [5.41, 5.74) is 0.330. The first-order chi connectivity index (χ1) is 7.43. The van der Waals surface area contributed by atoms with Gasteiger partial charge in [0.1, 0.15) is 10.6 Å². The minimum atomic E-state index is -3.84. The predicted molar refractivity (Wildman–Crippen MR) is 55.5 cm³/mol. The van der Waals surface area contributed by atoms with E-state index in [9.17, 15) is 18.3 Å². The topological polar surface area (TPSA) is 91.7 Å². The lowest BCUT2D eigenvalue weighted by atomic mass is 10.2. The van der Waals surface area contributed by atoms with Gasteiger partial charge in [0, 0.05) is 0 Å². The van der Waals surface area contributed by atoms with Crippen molar-refractivity contribution >= 4 is 21.9 Å². The van der Waals surface area contributed by atoms with Gasteiger partial charge in [-0.3, -0.25) is 4.79 Å². The van der Waals surface area contributed by atoms with Crippen LogP contribution in [-0.2, 0) is 14.6 Å². The summed E-state index contributed by atoms with van der Waals surface area (Å²) in [6, 6.07) is 4.28. The second-order valence-corrected chi connectivity index (χ2v) is 5.32. The molecule has 1 aliphatic heterocycles. The third kappa shape index (κ3) is 1.47. The normalized spacial score (nSPS) is 16.6. The van der Waals surface area contributed by atoms with Crippen molar-refractivity contribution in [3.05, 3.63) is 28.7 Å². The maximum atomic E-state index is 11.8. The Kier molecular flexibility index (Phi) is 2.23. The molecule has 1 aliphatic rings. The van der Waals surface area contributed by atoms with Crippen LogP contribution in [0.3, 0.4) is 0 Å². The largest absolute Gasteiger partial charge is 0.507 e. The Hall–Kier alpha value is -1.82. The van der Waals surface area contributed by atoms with Gasteiger partial charge in [-0.25, -0.2) is 8.42 Å². The van der Waals surface area contributed by atoms with E-state index in [0.717, 1.165) is 0 Å². The highest BCUT2D eigenvalue weighted by atomic mass is 32.2. The van der Waals surface area contributed by atoms with Crippen molar-refractivity contribution in [2.75, 3.05) is 0 Å². The highest BCUT2D eigenvalue weighted by Gasteiger charge is 2.33.